The van der Waals surface area contributed by atoms with E-state index in [0.29, 0.717) is 5.56 Å². The van der Waals surface area contributed by atoms with Gasteiger partial charge in [-0.05, 0) is 50.5 Å². The predicted octanol–water partition coefficient (Wildman–Crippen LogP) is 5.07. The first-order valence-electron chi connectivity index (χ1n) is 6.94. The van der Waals surface area contributed by atoms with Gasteiger partial charge < -0.3 is 0 Å². The van der Waals surface area contributed by atoms with Crippen molar-refractivity contribution in [1.29, 1.82) is 0 Å². The molecule has 0 aliphatic rings. The van der Waals surface area contributed by atoms with Crippen LogP contribution in [0.1, 0.15) is 40.8 Å². The predicted molar refractivity (Wildman–Crippen MR) is 83.0 cm³/mol. The molecule has 0 radical (unpaired) electrons. The molecule has 110 valence electrons. The monoisotopic (exact) mass is 287 g/mol. The fraction of sp³-hybridized carbons (Fsp3) is 0.278. The zero-order valence-electron chi connectivity index (χ0n) is 12.7. The molecule has 0 bridgehead atoms. The average Bonchev–Trinajstić information content (AvgIpc) is 2.36. The van der Waals surface area contributed by atoms with Gasteiger partial charge in [-0.25, -0.2) is 8.78 Å². The van der Waals surface area contributed by atoms with Gasteiger partial charge in [0.25, 0.3) is 0 Å². The van der Waals surface area contributed by atoms with E-state index in [1.165, 1.54) is 17.7 Å². The van der Waals surface area contributed by atoms with Crippen molar-refractivity contribution in [3.8, 4) is 0 Å². The van der Waals surface area contributed by atoms with Crippen molar-refractivity contribution in [3.05, 3.63) is 69.8 Å². The molecule has 0 aliphatic carbocycles. The number of hydrogen-bond donors (Lipinski definition) is 0. The molecule has 1 unspecified atom stereocenters. The van der Waals surface area contributed by atoms with Crippen LogP contribution in [0.25, 0.3) is 0 Å². The highest BCUT2D eigenvalue weighted by Gasteiger charge is 2.10. The van der Waals surface area contributed by atoms with Gasteiger partial charge in [0.05, 0.1) is 6.04 Å². The molecule has 0 spiro atoms. The Morgan fingerprint density at radius 3 is 2.19 bits per heavy atom. The highest BCUT2D eigenvalue weighted by molar-refractivity contribution is 5.84. The van der Waals surface area contributed by atoms with E-state index in [4.69, 9.17) is 0 Å². The lowest BCUT2D eigenvalue weighted by Crippen LogP contribution is -1.98. The van der Waals surface area contributed by atoms with Crippen LogP contribution in [0, 0.1) is 32.4 Å². The first-order valence-corrected chi connectivity index (χ1v) is 6.94. The summed E-state index contributed by atoms with van der Waals surface area (Å²) in [6.45, 7) is 7.91. The summed E-state index contributed by atoms with van der Waals surface area (Å²) < 4.78 is 26.7. The molecule has 21 heavy (non-hydrogen) atoms. The summed E-state index contributed by atoms with van der Waals surface area (Å²) in [7, 11) is 0. The molecule has 0 aromatic heterocycles. The molecule has 0 saturated heterocycles. The van der Waals surface area contributed by atoms with Crippen molar-refractivity contribution >= 4 is 6.21 Å². The van der Waals surface area contributed by atoms with Crippen LogP contribution in [0.5, 0.6) is 0 Å². The fourth-order valence-corrected chi connectivity index (χ4v) is 2.50. The van der Waals surface area contributed by atoms with E-state index in [2.05, 4.69) is 24.0 Å². The molecule has 0 heterocycles. The second-order valence-electron chi connectivity index (χ2n) is 5.43. The standard InChI is InChI=1S/C18H19F2N/c1-11-7-12(2)17(13(3)8-11)10-21-14(4)16-6-5-15(19)9-18(16)20/h5-10,14H,1-4H3. The Balaban J connectivity index is 2.29. The van der Waals surface area contributed by atoms with Gasteiger partial charge in [-0.1, -0.05) is 23.8 Å². The molecule has 3 heteroatoms. The third kappa shape index (κ3) is 3.54. The zero-order chi connectivity index (χ0) is 15.6. The fourth-order valence-electron chi connectivity index (χ4n) is 2.50. The van der Waals surface area contributed by atoms with Gasteiger partial charge >= 0.3 is 0 Å². The van der Waals surface area contributed by atoms with Crippen molar-refractivity contribution in [1.82, 2.24) is 0 Å². The van der Waals surface area contributed by atoms with Gasteiger partial charge in [-0.2, -0.15) is 0 Å². The maximum Gasteiger partial charge on any atom is 0.131 e. The van der Waals surface area contributed by atoms with Crippen molar-refractivity contribution in [2.24, 2.45) is 4.99 Å². The van der Waals surface area contributed by atoms with Crippen LogP contribution in [-0.4, -0.2) is 6.21 Å². The van der Waals surface area contributed by atoms with E-state index < -0.39 is 11.6 Å². The lowest BCUT2D eigenvalue weighted by atomic mass is 10.0. The third-order valence-electron chi connectivity index (χ3n) is 3.58. The van der Waals surface area contributed by atoms with Gasteiger partial charge in [0, 0.05) is 17.8 Å². The van der Waals surface area contributed by atoms with E-state index in [1.807, 2.05) is 13.8 Å². The summed E-state index contributed by atoms with van der Waals surface area (Å²) in [5, 5.41) is 0. The van der Waals surface area contributed by atoms with E-state index >= 15 is 0 Å². The van der Waals surface area contributed by atoms with Gasteiger partial charge in [0.15, 0.2) is 0 Å². The maximum atomic E-state index is 13.7. The number of aryl methyl sites for hydroxylation is 3. The number of halogens is 2. The number of rotatable bonds is 3. The minimum atomic E-state index is -0.572. The van der Waals surface area contributed by atoms with Crippen LogP contribution >= 0.6 is 0 Å². The van der Waals surface area contributed by atoms with Crippen LogP contribution in [-0.2, 0) is 0 Å². The highest BCUT2D eigenvalue weighted by atomic mass is 19.1. The summed E-state index contributed by atoms with van der Waals surface area (Å²) in [5.74, 6) is -1.13. The number of aliphatic imine (C=N–C) groups is 1. The number of hydrogen-bond acceptors (Lipinski definition) is 1. The van der Waals surface area contributed by atoms with Crippen molar-refractivity contribution in [2.75, 3.05) is 0 Å². The van der Waals surface area contributed by atoms with Gasteiger partial charge in [0.2, 0.25) is 0 Å². The second-order valence-corrected chi connectivity index (χ2v) is 5.43. The lowest BCUT2D eigenvalue weighted by molar-refractivity contribution is 0.563. The molecular formula is C18H19F2N. The Hall–Kier alpha value is -2.03. The molecule has 0 fully saturated rings. The van der Waals surface area contributed by atoms with Crippen LogP contribution in [0.2, 0.25) is 0 Å². The van der Waals surface area contributed by atoms with Crippen molar-refractivity contribution in [2.45, 2.75) is 33.7 Å². The van der Waals surface area contributed by atoms with Crippen LogP contribution in [0.4, 0.5) is 8.78 Å². The largest absolute Gasteiger partial charge is 0.285 e. The molecular weight excluding hydrogens is 268 g/mol. The average molecular weight is 287 g/mol. The molecule has 2 rings (SSSR count). The maximum absolute atomic E-state index is 13.7. The van der Waals surface area contributed by atoms with E-state index in [9.17, 15) is 8.78 Å². The normalized spacial score (nSPS) is 12.9. The Bertz CT molecular complexity index is 667. The second kappa shape index (κ2) is 6.17. The number of benzene rings is 2. The van der Waals surface area contributed by atoms with Crippen molar-refractivity contribution < 1.29 is 8.78 Å². The zero-order valence-corrected chi connectivity index (χ0v) is 12.7. The molecule has 1 nitrogen and oxygen atoms in total. The molecule has 1 atom stereocenters. The summed E-state index contributed by atoms with van der Waals surface area (Å²) >= 11 is 0. The quantitative estimate of drug-likeness (QED) is 0.699. The summed E-state index contributed by atoms with van der Waals surface area (Å²) in [5.41, 5.74) is 4.94. The first-order chi connectivity index (χ1) is 9.88. The lowest BCUT2D eigenvalue weighted by Gasteiger charge is -2.10. The number of nitrogens with zero attached hydrogens (tertiary/aromatic N) is 1. The van der Waals surface area contributed by atoms with Crippen molar-refractivity contribution in [3.63, 3.8) is 0 Å². The Kier molecular flexibility index (Phi) is 4.51. The minimum Gasteiger partial charge on any atom is -0.285 e. The first kappa shape index (κ1) is 15.4. The van der Waals surface area contributed by atoms with E-state index in [-0.39, 0.29) is 6.04 Å². The smallest absolute Gasteiger partial charge is 0.131 e. The van der Waals surface area contributed by atoms with Crippen LogP contribution in [0.3, 0.4) is 0 Å². The summed E-state index contributed by atoms with van der Waals surface area (Å²) in [4.78, 5) is 4.42. The van der Waals surface area contributed by atoms with Gasteiger partial charge in [-0.3, -0.25) is 4.99 Å². The molecule has 0 amide bonds. The third-order valence-corrected chi connectivity index (χ3v) is 3.58. The van der Waals surface area contributed by atoms with E-state index in [1.54, 1.807) is 13.1 Å². The van der Waals surface area contributed by atoms with E-state index in [0.717, 1.165) is 22.8 Å². The summed E-state index contributed by atoms with van der Waals surface area (Å²) in [6.07, 6.45) is 1.78. The summed E-state index contributed by atoms with van der Waals surface area (Å²) in [6, 6.07) is 7.43. The molecule has 0 saturated carbocycles. The van der Waals surface area contributed by atoms with Gasteiger partial charge in [0.1, 0.15) is 11.6 Å². The molecule has 2 aromatic carbocycles. The Labute approximate surface area is 124 Å². The highest BCUT2D eigenvalue weighted by Crippen LogP contribution is 2.22. The van der Waals surface area contributed by atoms with Crippen LogP contribution in [0.15, 0.2) is 35.3 Å². The Morgan fingerprint density at radius 1 is 1.00 bits per heavy atom. The molecule has 2 aromatic rings. The minimum absolute atomic E-state index is 0.356. The van der Waals surface area contributed by atoms with Gasteiger partial charge in [-0.15, -0.1) is 0 Å². The van der Waals surface area contributed by atoms with Crippen LogP contribution < -0.4 is 0 Å². The SMILES string of the molecule is Cc1cc(C)c(C=NC(C)c2ccc(F)cc2F)c(C)c1. The molecule has 0 aliphatic heterocycles. The topological polar surface area (TPSA) is 12.4 Å². The Morgan fingerprint density at radius 2 is 1.62 bits per heavy atom. The molecule has 0 N–H and O–H groups in total.